The summed E-state index contributed by atoms with van der Waals surface area (Å²) in [4.78, 5) is 52.6. The van der Waals surface area contributed by atoms with Crippen LogP contribution in [0.25, 0.3) is 0 Å². The molecule has 2 aliphatic rings. The molecule has 0 unspecified atom stereocenters. The third-order valence-corrected chi connectivity index (χ3v) is 7.71. The predicted molar refractivity (Wildman–Crippen MR) is 145 cm³/mol. The van der Waals surface area contributed by atoms with E-state index in [2.05, 4.69) is 22.2 Å². The Morgan fingerprint density at radius 2 is 1.84 bits per heavy atom. The molecule has 3 amide bonds. The molecule has 0 saturated heterocycles. The van der Waals surface area contributed by atoms with E-state index < -0.39 is 18.0 Å². The Balaban J connectivity index is 1.62. The average Bonchev–Trinajstić information content (AvgIpc) is 2.96. The van der Waals surface area contributed by atoms with Crippen molar-refractivity contribution in [1.82, 2.24) is 25.1 Å². The molecule has 1 aliphatic heterocycles. The lowest BCUT2D eigenvalue weighted by Gasteiger charge is -2.41. The Labute approximate surface area is 225 Å². The molecule has 8 heteroatoms. The Morgan fingerprint density at radius 1 is 1.08 bits per heavy atom. The van der Waals surface area contributed by atoms with Crippen LogP contribution in [-0.2, 0) is 16.1 Å². The molecule has 1 fully saturated rings. The number of unbranched alkanes of at least 4 members (excludes halogenated alkanes) is 1. The summed E-state index contributed by atoms with van der Waals surface area (Å²) in [5, 5.41) is 2.98. The van der Waals surface area contributed by atoms with Crippen molar-refractivity contribution in [3.05, 3.63) is 72.6 Å². The summed E-state index contributed by atoms with van der Waals surface area (Å²) < 4.78 is 0. The number of nitrogens with zero attached hydrogens (tertiary/aromatic N) is 4. The molecule has 2 aromatic rings. The Bertz CT molecular complexity index is 1100. The second-order valence-electron chi connectivity index (χ2n) is 10.5. The van der Waals surface area contributed by atoms with E-state index in [1.54, 1.807) is 22.2 Å². The highest BCUT2D eigenvalue weighted by molar-refractivity contribution is 5.98. The Morgan fingerprint density at radius 3 is 2.53 bits per heavy atom. The van der Waals surface area contributed by atoms with Crippen molar-refractivity contribution in [2.45, 2.75) is 83.8 Å². The lowest BCUT2D eigenvalue weighted by Crippen LogP contribution is -2.59. The van der Waals surface area contributed by atoms with Gasteiger partial charge in [-0.1, -0.05) is 76.3 Å². The normalized spacial score (nSPS) is 19.7. The maximum Gasteiger partial charge on any atom is 0.272 e. The molecule has 1 N–H and O–H groups in total. The number of hydrogen-bond donors (Lipinski definition) is 1. The van der Waals surface area contributed by atoms with E-state index in [0.717, 1.165) is 56.9 Å². The van der Waals surface area contributed by atoms with Crippen LogP contribution in [0, 0.1) is 11.8 Å². The van der Waals surface area contributed by atoms with Gasteiger partial charge in [-0.25, -0.2) is 4.98 Å². The molecule has 1 saturated carbocycles. The lowest BCUT2D eigenvalue weighted by molar-refractivity contribution is -0.147. The first-order valence-corrected chi connectivity index (χ1v) is 13.9. The van der Waals surface area contributed by atoms with Crippen molar-refractivity contribution in [3.8, 4) is 0 Å². The number of amides is 3. The smallest absolute Gasteiger partial charge is 0.272 e. The largest absolute Gasteiger partial charge is 0.339 e. The minimum atomic E-state index is -0.733. The van der Waals surface area contributed by atoms with Crippen molar-refractivity contribution in [3.63, 3.8) is 0 Å². The molecule has 1 aromatic heterocycles. The van der Waals surface area contributed by atoms with Crippen LogP contribution in [0.1, 0.15) is 81.3 Å². The van der Waals surface area contributed by atoms with Crippen LogP contribution in [0.4, 0.5) is 0 Å². The Kier molecular flexibility index (Phi) is 9.62. The van der Waals surface area contributed by atoms with Crippen molar-refractivity contribution >= 4 is 17.7 Å². The van der Waals surface area contributed by atoms with Gasteiger partial charge in [0.25, 0.3) is 5.91 Å². The molecule has 2 heterocycles. The topological polar surface area (TPSA) is 95.5 Å². The van der Waals surface area contributed by atoms with Gasteiger partial charge in [0.15, 0.2) is 0 Å². The third kappa shape index (κ3) is 6.65. The van der Waals surface area contributed by atoms with Gasteiger partial charge >= 0.3 is 0 Å². The maximum atomic E-state index is 14.2. The van der Waals surface area contributed by atoms with Gasteiger partial charge in [-0.05, 0) is 36.7 Å². The van der Waals surface area contributed by atoms with Crippen LogP contribution in [0.15, 0.2) is 61.3 Å². The fourth-order valence-electron chi connectivity index (χ4n) is 5.57. The number of nitrogens with one attached hydrogen (secondary N) is 1. The monoisotopic (exact) mass is 517 g/mol. The molecule has 38 heavy (non-hydrogen) atoms. The minimum Gasteiger partial charge on any atom is -0.339 e. The van der Waals surface area contributed by atoms with Crippen LogP contribution in [-0.4, -0.2) is 49.6 Å². The second-order valence-corrected chi connectivity index (χ2v) is 10.5. The first kappa shape index (κ1) is 27.5. The highest BCUT2D eigenvalue weighted by atomic mass is 16.2. The summed E-state index contributed by atoms with van der Waals surface area (Å²) in [5.74, 6) is -0.760. The first-order chi connectivity index (χ1) is 18.5. The van der Waals surface area contributed by atoms with E-state index in [-0.39, 0.29) is 29.3 Å². The number of hydrogen-bond acceptors (Lipinski definition) is 5. The van der Waals surface area contributed by atoms with Crippen LogP contribution in [0.3, 0.4) is 0 Å². The molecular formula is C30H39N5O3. The highest BCUT2D eigenvalue weighted by Crippen LogP contribution is 2.31. The van der Waals surface area contributed by atoms with Gasteiger partial charge in [0.1, 0.15) is 17.8 Å². The van der Waals surface area contributed by atoms with Crippen molar-refractivity contribution in [2.24, 2.45) is 11.8 Å². The van der Waals surface area contributed by atoms with Crippen molar-refractivity contribution in [1.29, 1.82) is 0 Å². The van der Waals surface area contributed by atoms with E-state index in [1.807, 2.05) is 37.3 Å². The average molecular weight is 518 g/mol. The number of rotatable bonds is 10. The molecule has 0 spiro atoms. The fraction of sp³-hybridized carbons (Fsp3) is 0.500. The third-order valence-electron chi connectivity index (χ3n) is 7.71. The van der Waals surface area contributed by atoms with Gasteiger partial charge in [-0.2, -0.15) is 0 Å². The zero-order valence-electron chi connectivity index (χ0n) is 22.5. The van der Waals surface area contributed by atoms with Crippen LogP contribution in [0.5, 0.6) is 0 Å². The summed E-state index contributed by atoms with van der Waals surface area (Å²) in [6.45, 7) is 4.62. The van der Waals surface area contributed by atoms with Gasteiger partial charge in [0.05, 0.1) is 12.7 Å². The SMILES string of the molecule is CCCC[C@H](C)[C@@H]1C(=O)N(Cc2ccccc2)C=CN1C(=O)[C@H](NC(=O)c1cnccn1)C1CCCCC1. The molecular weight excluding hydrogens is 478 g/mol. The summed E-state index contributed by atoms with van der Waals surface area (Å²) in [7, 11) is 0. The molecule has 1 aliphatic carbocycles. The summed E-state index contributed by atoms with van der Waals surface area (Å²) in [5.41, 5.74) is 1.20. The van der Waals surface area contributed by atoms with Gasteiger partial charge in [0.2, 0.25) is 11.8 Å². The molecule has 0 bridgehead atoms. The molecule has 8 nitrogen and oxygen atoms in total. The van der Waals surface area contributed by atoms with E-state index in [9.17, 15) is 14.4 Å². The molecule has 1 aromatic carbocycles. The number of carbonyl (C=O) groups is 3. The van der Waals surface area contributed by atoms with Gasteiger partial charge in [-0.3, -0.25) is 19.4 Å². The molecule has 202 valence electrons. The van der Waals surface area contributed by atoms with E-state index in [0.29, 0.717) is 6.54 Å². The maximum absolute atomic E-state index is 14.2. The number of aromatic nitrogens is 2. The van der Waals surface area contributed by atoms with Crippen molar-refractivity contribution < 1.29 is 14.4 Å². The predicted octanol–water partition coefficient (Wildman–Crippen LogP) is 4.69. The first-order valence-electron chi connectivity index (χ1n) is 13.9. The zero-order valence-corrected chi connectivity index (χ0v) is 22.5. The summed E-state index contributed by atoms with van der Waals surface area (Å²) in [6.07, 6.45) is 15.5. The van der Waals surface area contributed by atoms with E-state index in [4.69, 9.17) is 0 Å². The molecule has 3 atom stereocenters. The van der Waals surface area contributed by atoms with Gasteiger partial charge in [-0.15, -0.1) is 0 Å². The quantitative estimate of drug-likeness (QED) is 0.493. The lowest BCUT2D eigenvalue weighted by atomic mass is 9.82. The van der Waals surface area contributed by atoms with E-state index in [1.165, 1.54) is 18.6 Å². The second kappa shape index (κ2) is 13.3. The number of carbonyl (C=O) groups excluding carboxylic acids is 3. The van der Waals surface area contributed by atoms with Gasteiger partial charge < -0.3 is 15.1 Å². The fourth-order valence-corrected chi connectivity index (χ4v) is 5.57. The summed E-state index contributed by atoms with van der Waals surface area (Å²) in [6, 6.07) is 8.50. The zero-order chi connectivity index (χ0) is 26.9. The standard InChI is InChI=1S/C30H39N5O3/c1-3-4-11-22(2)27-30(38)34(21-23-12-7-5-8-13-23)18-19-35(27)29(37)26(24-14-9-6-10-15-24)33-28(36)25-20-31-16-17-32-25/h5,7-8,12-13,16-20,22,24,26-27H,3-4,6,9-11,14-15,21H2,1-2H3,(H,33,36)/t22-,26+,27+/m0/s1. The van der Waals surface area contributed by atoms with Gasteiger partial charge in [0, 0.05) is 24.8 Å². The van der Waals surface area contributed by atoms with E-state index >= 15 is 0 Å². The highest BCUT2D eigenvalue weighted by Gasteiger charge is 2.42. The van der Waals surface area contributed by atoms with Crippen LogP contribution < -0.4 is 5.32 Å². The van der Waals surface area contributed by atoms with Crippen molar-refractivity contribution in [2.75, 3.05) is 0 Å². The number of benzene rings is 1. The molecule has 0 radical (unpaired) electrons. The van der Waals surface area contributed by atoms with Crippen LogP contribution in [0.2, 0.25) is 0 Å². The minimum absolute atomic E-state index is 0.00863. The molecule has 4 rings (SSSR count). The van der Waals surface area contributed by atoms with Crippen LogP contribution >= 0.6 is 0 Å². The Hall–Kier alpha value is -3.55. The summed E-state index contributed by atoms with van der Waals surface area (Å²) >= 11 is 0.